The van der Waals surface area contributed by atoms with Crippen LogP contribution < -0.4 is 0 Å². The van der Waals surface area contributed by atoms with E-state index >= 15 is 0 Å². The summed E-state index contributed by atoms with van der Waals surface area (Å²) in [7, 11) is 0. The summed E-state index contributed by atoms with van der Waals surface area (Å²) < 4.78 is 7.40. The minimum absolute atomic E-state index is 0.0142. The van der Waals surface area contributed by atoms with Crippen molar-refractivity contribution >= 4 is 12.0 Å². The molecule has 1 unspecified atom stereocenters. The second-order valence-corrected chi connectivity index (χ2v) is 6.42. The Morgan fingerprint density at radius 1 is 1.07 bits per heavy atom. The van der Waals surface area contributed by atoms with Gasteiger partial charge in [-0.3, -0.25) is 4.79 Å². The first-order valence-electron chi connectivity index (χ1n) is 9.03. The molecule has 1 atom stereocenters. The van der Waals surface area contributed by atoms with Crippen molar-refractivity contribution in [3.8, 4) is 5.69 Å². The van der Waals surface area contributed by atoms with Crippen LogP contribution in [0.2, 0.25) is 0 Å². The molecule has 1 saturated heterocycles. The fraction of sp³-hybridized carbons (Fsp3) is 0.182. The van der Waals surface area contributed by atoms with E-state index < -0.39 is 0 Å². The van der Waals surface area contributed by atoms with Crippen LogP contribution in [0, 0.1) is 0 Å². The van der Waals surface area contributed by atoms with Crippen LogP contribution >= 0.6 is 0 Å². The summed E-state index contributed by atoms with van der Waals surface area (Å²) in [6.45, 7) is 1.68. The molecule has 5 heteroatoms. The molecule has 0 saturated carbocycles. The second-order valence-electron chi connectivity index (χ2n) is 6.42. The number of para-hydroxylation sites is 1. The van der Waals surface area contributed by atoms with E-state index in [1.54, 1.807) is 17.0 Å². The zero-order valence-electron chi connectivity index (χ0n) is 14.9. The molecule has 27 heavy (non-hydrogen) atoms. The van der Waals surface area contributed by atoms with Gasteiger partial charge in [-0.05, 0) is 23.8 Å². The highest BCUT2D eigenvalue weighted by molar-refractivity contribution is 5.92. The molecule has 2 heterocycles. The molecule has 0 radical (unpaired) electrons. The third kappa shape index (κ3) is 3.99. The van der Waals surface area contributed by atoms with E-state index in [2.05, 4.69) is 5.10 Å². The third-order valence-electron chi connectivity index (χ3n) is 4.64. The lowest BCUT2D eigenvalue weighted by Gasteiger charge is -2.35. The first-order valence-corrected chi connectivity index (χ1v) is 9.03. The van der Waals surface area contributed by atoms with Crippen LogP contribution in [0.25, 0.3) is 11.8 Å². The molecule has 4 rings (SSSR count). The van der Waals surface area contributed by atoms with Crippen LogP contribution in [-0.2, 0) is 9.53 Å². The van der Waals surface area contributed by atoms with E-state index in [1.807, 2.05) is 77.8 Å². The van der Waals surface area contributed by atoms with Crippen LogP contribution in [0.3, 0.4) is 0 Å². The van der Waals surface area contributed by atoms with Crippen LogP contribution in [0.15, 0.2) is 79.1 Å². The molecule has 1 fully saturated rings. The predicted octanol–water partition coefficient (Wildman–Crippen LogP) is 3.49. The summed E-state index contributed by atoms with van der Waals surface area (Å²) in [6.07, 6.45) is 7.10. The molecule has 0 spiro atoms. The molecule has 3 aromatic rings. The maximum Gasteiger partial charge on any atom is 0.247 e. The monoisotopic (exact) mass is 359 g/mol. The van der Waals surface area contributed by atoms with Gasteiger partial charge < -0.3 is 9.64 Å². The number of rotatable bonds is 4. The van der Waals surface area contributed by atoms with E-state index in [4.69, 9.17) is 4.74 Å². The number of carbonyl (C=O) groups is 1. The quantitative estimate of drug-likeness (QED) is 0.670. The molecule has 1 aliphatic rings. The normalized spacial score (nSPS) is 17.3. The van der Waals surface area contributed by atoms with Crippen molar-refractivity contribution in [1.82, 2.24) is 14.7 Å². The fourth-order valence-corrected chi connectivity index (χ4v) is 3.23. The standard InChI is InChI=1S/C22H21N3O2/c26-22(24-13-14-27-17-21(24)19-7-3-1-4-8-19)12-11-18-15-23-25(16-18)20-9-5-2-6-10-20/h1-12,15-16,21H,13-14,17H2/b12-11+. The molecular weight excluding hydrogens is 338 g/mol. The van der Waals surface area contributed by atoms with Gasteiger partial charge in [-0.1, -0.05) is 48.5 Å². The number of carbonyl (C=O) groups excluding carboxylic acids is 1. The van der Waals surface area contributed by atoms with E-state index in [9.17, 15) is 4.79 Å². The van der Waals surface area contributed by atoms with Gasteiger partial charge in [0.25, 0.3) is 0 Å². The van der Waals surface area contributed by atoms with E-state index in [0.717, 1.165) is 16.8 Å². The van der Waals surface area contributed by atoms with Gasteiger partial charge in [-0.2, -0.15) is 5.10 Å². The van der Waals surface area contributed by atoms with Crippen molar-refractivity contribution in [1.29, 1.82) is 0 Å². The number of morpholine rings is 1. The Hall–Kier alpha value is -3.18. The van der Waals surface area contributed by atoms with Crippen LogP contribution in [-0.4, -0.2) is 40.3 Å². The summed E-state index contributed by atoms with van der Waals surface area (Å²) in [5, 5.41) is 4.36. The van der Waals surface area contributed by atoms with E-state index in [-0.39, 0.29) is 11.9 Å². The van der Waals surface area contributed by atoms with Crippen molar-refractivity contribution in [2.45, 2.75) is 6.04 Å². The van der Waals surface area contributed by atoms with Crippen molar-refractivity contribution in [3.05, 3.63) is 90.3 Å². The zero-order chi connectivity index (χ0) is 18.5. The molecule has 136 valence electrons. The first-order chi connectivity index (χ1) is 13.3. The Morgan fingerprint density at radius 2 is 1.81 bits per heavy atom. The van der Waals surface area contributed by atoms with Gasteiger partial charge in [0.05, 0.1) is 31.1 Å². The molecule has 2 aromatic carbocycles. The van der Waals surface area contributed by atoms with Crippen molar-refractivity contribution < 1.29 is 9.53 Å². The maximum atomic E-state index is 12.8. The zero-order valence-corrected chi connectivity index (χ0v) is 14.9. The van der Waals surface area contributed by atoms with Gasteiger partial charge in [0.2, 0.25) is 5.91 Å². The fourth-order valence-electron chi connectivity index (χ4n) is 3.23. The summed E-state index contributed by atoms with van der Waals surface area (Å²) in [6, 6.07) is 19.9. The Labute approximate surface area is 158 Å². The minimum Gasteiger partial charge on any atom is -0.377 e. The summed E-state index contributed by atoms with van der Waals surface area (Å²) >= 11 is 0. The number of hydrogen-bond acceptors (Lipinski definition) is 3. The molecule has 0 aliphatic carbocycles. The Bertz CT molecular complexity index is 919. The molecule has 5 nitrogen and oxygen atoms in total. The van der Waals surface area contributed by atoms with Crippen molar-refractivity contribution in [2.24, 2.45) is 0 Å². The average Bonchev–Trinajstić information content (AvgIpc) is 3.22. The highest BCUT2D eigenvalue weighted by Gasteiger charge is 2.27. The lowest BCUT2D eigenvalue weighted by Crippen LogP contribution is -2.42. The molecule has 1 amide bonds. The van der Waals surface area contributed by atoms with Crippen LogP contribution in [0.1, 0.15) is 17.2 Å². The third-order valence-corrected chi connectivity index (χ3v) is 4.64. The van der Waals surface area contributed by atoms with Crippen LogP contribution in [0.5, 0.6) is 0 Å². The summed E-state index contributed by atoms with van der Waals surface area (Å²) in [5.41, 5.74) is 2.97. The van der Waals surface area contributed by atoms with Gasteiger partial charge in [0.1, 0.15) is 0 Å². The maximum absolute atomic E-state index is 12.8. The SMILES string of the molecule is O=C(/C=C/c1cnn(-c2ccccc2)c1)N1CCOCC1c1ccccc1. The number of amides is 1. The molecule has 1 aromatic heterocycles. The van der Waals surface area contributed by atoms with E-state index in [1.165, 1.54) is 0 Å². The summed E-state index contributed by atoms with van der Waals surface area (Å²) in [4.78, 5) is 14.7. The van der Waals surface area contributed by atoms with Gasteiger partial charge in [-0.25, -0.2) is 4.68 Å². The Kier molecular flexibility index (Phi) is 5.12. The molecule has 0 N–H and O–H groups in total. The topological polar surface area (TPSA) is 47.4 Å². The number of benzene rings is 2. The minimum atomic E-state index is -0.0517. The Balaban J connectivity index is 1.48. The largest absolute Gasteiger partial charge is 0.377 e. The average molecular weight is 359 g/mol. The highest BCUT2D eigenvalue weighted by Crippen LogP contribution is 2.24. The highest BCUT2D eigenvalue weighted by atomic mass is 16.5. The Morgan fingerprint density at radius 3 is 2.59 bits per heavy atom. The molecule has 1 aliphatic heterocycles. The number of nitrogens with zero attached hydrogens (tertiary/aromatic N) is 3. The van der Waals surface area contributed by atoms with Gasteiger partial charge in [0.15, 0.2) is 0 Å². The van der Waals surface area contributed by atoms with Crippen molar-refractivity contribution in [2.75, 3.05) is 19.8 Å². The van der Waals surface area contributed by atoms with Crippen LogP contribution in [0.4, 0.5) is 0 Å². The first kappa shape index (κ1) is 17.2. The van der Waals surface area contributed by atoms with Gasteiger partial charge >= 0.3 is 0 Å². The van der Waals surface area contributed by atoms with Gasteiger partial charge in [0, 0.05) is 24.4 Å². The molecular formula is C22H21N3O2. The smallest absolute Gasteiger partial charge is 0.247 e. The number of hydrogen-bond donors (Lipinski definition) is 0. The lowest BCUT2D eigenvalue weighted by atomic mass is 10.0. The van der Waals surface area contributed by atoms with E-state index in [0.29, 0.717) is 19.8 Å². The predicted molar refractivity (Wildman–Crippen MR) is 104 cm³/mol. The summed E-state index contributed by atoms with van der Waals surface area (Å²) in [5.74, 6) is -0.0142. The number of aromatic nitrogens is 2. The lowest BCUT2D eigenvalue weighted by molar-refractivity contribution is -0.134. The van der Waals surface area contributed by atoms with Gasteiger partial charge in [-0.15, -0.1) is 0 Å². The second kappa shape index (κ2) is 8.01. The van der Waals surface area contributed by atoms with Crippen molar-refractivity contribution in [3.63, 3.8) is 0 Å². The molecule has 0 bridgehead atoms. The number of ether oxygens (including phenoxy) is 1.